The molecule has 174 valence electrons. The zero-order valence-electron chi connectivity index (χ0n) is 18.7. The molecule has 1 atom stereocenters. The zero-order chi connectivity index (χ0) is 23.9. The maximum absolute atomic E-state index is 13.5. The Hall–Kier alpha value is -3.64. The van der Waals surface area contributed by atoms with Gasteiger partial charge in [0.05, 0.1) is 10.6 Å². The van der Waals surface area contributed by atoms with Crippen molar-refractivity contribution in [1.29, 1.82) is 0 Å². The van der Waals surface area contributed by atoms with Gasteiger partial charge in [-0.15, -0.1) is 0 Å². The first kappa shape index (κ1) is 23.5. The molecule has 7 heteroatoms. The minimum atomic E-state index is -0.707. The van der Waals surface area contributed by atoms with E-state index in [9.17, 15) is 14.4 Å². The van der Waals surface area contributed by atoms with E-state index in [2.05, 4.69) is 5.32 Å². The van der Waals surface area contributed by atoms with E-state index in [1.807, 2.05) is 36.4 Å². The molecule has 1 fully saturated rings. The number of carbonyl (C=O) groups excluding carboxylic acids is 3. The van der Waals surface area contributed by atoms with E-state index < -0.39 is 6.04 Å². The first-order valence-corrected chi connectivity index (χ1v) is 11.6. The summed E-state index contributed by atoms with van der Waals surface area (Å²) in [6.07, 6.45) is 0.386. The van der Waals surface area contributed by atoms with Crippen molar-refractivity contribution in [2.24, 2.45) is 0 Å². The number of nitrogens with one attached hydrogen (secondary N) is 1. The molecule has 34 heavy (non-hydrogen) atoms. The summed E-state index contributed by atoms with van der Waals surface area (Å²) < 4.78 is 0. The number of hydrogen-bond donors (Lipinski definition) is 1. The fourth-order valence-corrected chi connectivity index (χ4v) is 4.25. The number of piperazine rings is 1. The van der Waals surface area contributed by atoms with E-state index in [4.69, 9.17) is 11.6 Å². The number of amides is 3. The molecule has 0 saturated carbocycles. The highest BCUT2D eigenvalue weighted by molar-refractivity contribution is 6.33. The van der Waals surface area contributed by atoms with E-state index in [0.29, 0.717) is 48.7 Å². The lowest BCUT2D eigenvalue weighted by atomic mass is 10.0. The van der Waals surface area contributed by atoms with E-state index in [0.717, 1.165) is 5.56 Å². The predicted octanol–water partition coefficient (Wildman–Crippen LogP) is 3.67. The van der Waals surface area contributed by atoms with Gasteiger partial charge in [0.2, 0.25) is 5.91 Å². The van der Waals surface area contributed by atoms with Gasteiger partial charge >= 0.3 is 0 Å². The molecule has 0 aliphatic carbocycles. The van der Waals surface area contributed by atoms with Crippen LogP contribution in [0.4, 0.5) is 0 Å². The fraction of sp³-hybridized carbons (Fsp3) is 0.222. The van der Waals surface area contributed by atoms with Gasteiger partial charge in [-0.25, -0.2) is 0 Å². The van der Waals surface area contributed by atoms with E-state index in [1.165, 1.54) is 0 Å². The maximum atomic E-state index is 13.5. The van der Waals surface area contributed by atoms with Gasteiger partial charge in [0.1, 0.15) is 6.04 Å². The van der Waals surface area contributed by atoms with Crippen LogP contribution in [0.2, 0.25) is 5.02 Å². The van der Waals surface area contributed by atoms with Crippen LogP contribution in [0.25, 0.3) is 0 Å². The summed E-state index contributed by atoms with van der Waals surface area (Å²) in [5, 5.41) is 3.33. The quantitative estimate of drug-likeness (QED) is 0.591. The average Bonchev–Trinajstić information content (AvgIpc) is 2.89. The summed E-state index contributed by atoms with van der Waals surface area (Å²) in [6.45, 7) is 1.59. The number of hydrogen-bond acceptors (Lipinski definition) is 3. The van der Waals surface area contributed by atoms with Crippen LogP contribution in [0.1, 0.15) is 26.3 Å². The second-order valence-electron chi connectivity index (χ2n) is 8.18. The number of nitrogens with zero attached hydrogens (tertiary/aromatic N) is 2. The normalized spacial score (nSPS) is 14.4. The maximum Gasteiger partial charge on any atom is 0.255 e. The van der Waals surface area contributed by atoms with Crippen molar-refractivity contribution < 1.29 is 14.4 Å². The Morgan fingerprint density at radius 3 is 1.97 bits per heavy atom. The van der Waals surface area contributed by atoms with Crippen LogP contribution in [0.15, 0.2) is 84.9 Å². The van der Waals surface area contributed by atoms with Crippen molar-refractivity contribution in [2.75, 3.05) is 26.2 Å². The summed E-state index contributed by atoms with van der Waals surface area (Å²) in [5.41, 5.74) is 1.92. The minimum absolute atomic E-state index is 0.143. The van der Waals surface area contributed by atoms with E-state index in [1.54, 1.807) is 58.3 Å². The molecule has 0 unspecified atom stereocenters. The Kier molecular flexibility index (Phi) is 7.60. The third-order valence-corrected chi connectivity index (χ3v) is 6.23. The lowest BCUT2D eigenvalue weighted by molar-refractivity contribution is -0.134. The molecule has 3 aromatic rings. The van der Waals surface area contributed by atoms with E-state index >= 15 is 0 Å². The lowest BCUT2D eigenvalue weighted by Crippen LogP contribution is -2.56. The standard InChI is InChI=1S/C27H26ClN3O3/c28-23-14-8-7-13-22(23)26(33)30-15-17-31(18-16-30)27(34)24(19-20-9-3-1-4-10-20)29-25(32)21-11-5-2-6-12-21/h1-14,24H,15-19H2,(H,29,32)/t24-/m1/s1. The lowest BCUT2D eigenvalue weighted by Gasteiger charge is -2.36. The third-order valence-electron chi connectivity index (χ3n) is 5.90. The highest BCUT2D eigenvalue weighted by Gasteiger charge is 2.31. The van der Waals surface area contributed by atoms with Crippen LogP contribution >= 0.6 is 11.6 Å². The average molecular weight is 476 g/mol. The van der Waals surface area contributed by atoms with Crippen LogP contribution in [0, 0.1) is 0 Å². The highest BCUT2D eigenvalue weighted by atomic mass is 35.5. The van der Waals surface area contributed by atoms with Gasteiger partial charge in [-0.2, -0.15) is 0 Å². The summed E-state index contributed by atoms with van der Waals surface area (Å²) in [4.78, 5) is 42.6. The number of rotatable bonds is 6. The molecule has 1 saturated heterocycles. The van der Waals surface area contributed by atoms with Gasteiger partial charge in [-0.3, -0.25) is 14.4 Å². The molecule has 1 aliphatic heterocycles. The van der Waals surface area contributed by atoms with Crippen molar-refractivity contribution in [3.05, 3.63) is 107 Å². The van der Waals surface area contributed by atoms with Gasteiger partial charge in [0.25, 0.3) is 11.8 Å². The zero-order valence-corrected chi connectivity index (χ0v) is 19.4. The Morgan fingerprint density at radius 1 is 0.765 bits per heavy atom. The van der Waals surface area contributed by atoms with Crippen LogP contribution in [-0.2, 0) is 11.2 Å². The predicted molar refractivity (Wildman–Crippen MR) is 132 cm³/mol. The minimum Gasteiger partial charge on any atom is -0.340 e. The van der Waals surface area contributed by atoms with Gasteiger partial charge < -0.3 is 15.1 Å². The Labute approximate surface area is 204 Å². The molecule has 0 bridgehead atoms. The number of carbonyl (C=O) groups is 3. The summed E-state index contributed by atoms with van der Waals surface area (Å²) in [5.74, 6) is -0.587. The number of benzene rings is 3. The van der Waals surface area contributed by atoms with Crippen LogP contribution in [0.5, 0.6) is 0 Å². The fourth-order valence-electron chi connectivity index (χ4n) is 4.04. The van der Waals surface area contributed by atoms with Crippen molar-refractivity contribution in [3.8, 4) is 0 Å². The monoisotopic (exact) mass is 475 g/mol. The molecular weight excluding hydrogens is 450 g/mol. The van der Waals surface area contributed by atoms with Crippen LogP contribution < -0.4 is 5.32 Å². The Balaban J connectivity index is 1.44. The summed E-state index contributed by atoms with van der Waals surface area (Å²) in [7, 11) is 0. The van der Waals surface area contributed by atoms with Crippen molar-refractivity contribution in [2.45, 2.75) is 12.5 Å². The molecule has 0 spiro atoms. The topological polar surface area (TPSA) is 69.7 Å². The van der Waals surface area contributed by atoms with Gasteiger partial charge in [0, 0.05) is 38.2 Å². The van der Waals surface area contributed by atoms with Crippen molar-refractivity contribution in [1.82, 2.24) is 15.1 Å². The molecule has 4 rings (SSSR count). The second-order valence-corrected chi connectivity index (χ2v) is 8.59. The van der Waals surface area contributed by atoms with Gasteiger partial charge in [-0.05, 0) is 29.8 Å². The molecule has 1 aliphatic rings. The summed E-state index contributed by atoms with van der Waals surface area (Å²) >= 11 is 6.18. The molecule has 6 nitrogen and oxygen atoms in total. The summed E-state index contributed by atoms with van der Waals surface area (Å²) in [6, 6.07) is 24.7. The molecule has 0 aromatic heterocycles. The molecule has 0 radical (unpaired) electrons. The number of halogens is 1. The Morgan fingerprint density at radius 2 is 1.32 bits per heavy atom. The van der Waals surface area contributed by atoms with Gasteiger partial charge in [0.15, 0.2) is 0 Å². The first-order valence-electron chi connectivity index (χ1n) is 11.3. The van der Waals surface area contributed by atoms with Crippen LogP contribution in [0.3, 0.4) is 0 Å². The second kappa shape index (κ2) is 11.0. The molecular formula is C27H26ClN3O3. The molecule has 1 heterocycles. The SMILES string of the molecule is O=C(N[C@H](Cc1ccccc1)C(=O)N1CCN(C(=O)c2ccccc2Cl)CC1)c1ccccc1. The smallest absolute Gasteiger partial charge is 0.255 e. The van der Waals surface area contributed by atoms with Crippen LogP contribution in [-0.4, -0.2) is 59.7 Å². The first-order chi connectivity index (χ1) is 16.5. The molecule has 1 N–H and O–H groups in total. The highest BCUT2D eigenvalue weighted by Crippen LogP contribution is 2.18. The van der Waals surface area contributed by atoms with E-state index in [-0.39, 0.29) is 17.7 Å². The van der Waals surface area contributed by atoms with Gasteiger partial charge in [-0.1, -0.05) is 72.3 Å². The van der Waals surface area contributed by atoms with Crippen molar-refractivity contribution in [3.63, 3.8) is 0 Å². The third kappa shape index (κ3) is 5.64. The van der Waals surface area contributed by atoms with Crippen molar-refractivity contribution >= 4 is 29.3 Å². The molecule has 3 amide bonds. The molecule has 3 aromatic carbocycles. The Bertz CT molecular complexity index is 1150. The largest absolute Gasteiger partial charge is 0.340 e.